The topological polar surface area (TPSA) is 41.6 Å². The van der Waals surface area contributed by atoms with Gasteiger partial charge < -0.3 is 15.0 Å². The molecule has 0 spiro atoms. The Hall–Kier alpha value is -0.870. The van der Waals surface area contributed by atoms with E-state index < -0.39 is 0 Å². The lowest BCUT2D eigenvalue weighted by Crippen LogP contribution is -2.41. The second-order valence-corrected chi connectivity index (χ2v) is 4.02. The molecule has 0 radical (unpaired) electrons. The van der Waals surface area contributed by atoms with Crippen LogP contribution in [0.3, 0.4) is 0 Å². The third-order valence-electron chi connectivity index (χ3n) is 2.69. The molecule has 1 atom stereocenters. The van der Waals surface area contributed by atoms with Gasteiger partial charge >= 0.3 is 0 Å². The molecule has 1 aliphatic heterocycles. The Labute approximate surface area is 97.6 Å². The van der Waals surface area contributed by atoms with Gasteiger partial charge in [-0.25, -0.2) is 0 Å². The molecule has 0 saturated carbocycles. The Balaban J connectivity index is 2.32. The Bertz CT molecular complexity index is 223. The number of hydrogen-bond acceptors (Lipinski definition) is 3. The van der Waals surface area contributed by atoms with Crippen LogP contribution >= 0.6 is 0 Å². The first-order chi connectivity index (χ1) is 7.75. The summed E-state index contributed by atoms with van der Waals surface area (Å²) in [5.41, 5.74) is 0. The fraction of sp³-hybridized carbons (Fsp3) is 0.750. The molecule has 1 saturated heterocycles. The van der Waals surface area contributed by atoms with Gasteiger partial charge in [-0.3, -0.25) is 4.79 Å². The Kier molecular flexibility index (Phi) is 6.11. The highest BCUT2D eigenvalue weighted by atomic mass is 16.5. The molecule has 1 aliphatic rings. The normalized spacial score (nSPS) is 18.9. The van der Waals surface area contributed by atoms with Crippen molar-refractivity contribution in [1.82, 2.24) is 10.2 Å². The zero-order valence-electron chi connectivity index (χ0n) is 10.1. The van der Waals surface area contributed by atoms with Crippen LogP contribution in [0.2, 0.25) is 0 Å². The molecule has 1 heterocycles. The smallest absolute Gasteiger partial charge is 0.251 e. The lowest BCUT2D eigenvalue weighted by Gasteiger charge is -2.23. The molecule has 1 amide bonds. The van der Waals surface area contributed by atoms with E-state index in [2.05, 4.69) is 11.9 Å². The molecule has 0 aromatic carbocycles. The average Bonchev–Trinajstić information content (AvgIpc) is 2.56. The van der Waals surface area contributed by atoms with Crippen molar-refractivity contribution < 1.29 is 9.53 Å². The Morgan fingerprint density at radius 2 is 2.38 bits per heavy atom. The first-order valence-electron chi connectivity index (χ1n) is 5.97. The highest BCUT2D eigenvalue weighted by molar-refractivity contribution is 5.80. The van der Waals surface area contributed by atoms with E-state index in [1.807, 2.05) is 11.8 Å². The van der Waals surface area contributed by atoms with E-state index in [9.17, 15) is 4.79 Å². The van der Waals surface area contributed by atoms with Crippen LogP contribution < -0.4 is 5.32 Å². The summed E-state index contributed by atoms with van der Waals surface area (Å²) in [6.07, 6.45) is 3.27. The van der Waals surface area contributed by atoms with Gasteiger partial charge in [-0.15, -0.1) is 6.58 Å². The quantitative estimate of drug-likeness (QED) is 0.556. The van der Waals surface area contributed by atoms with Gasteiger partial charge in [0.25, 0.3) is 5.91 Å². The molecule has 92 valence electrons. The summed E-state index contributed by atoms with van der Waals surface area (Å²) in [6.45, 7) is 9.51. The number of amides is 1. The standard InChI is InChI=1S/C12H22N2O2/c1-3-4-10-16-11(2)12(15)14-8-5-6-13-7-9-14/h3,11,13H,1,4-10H2,2H3. The SMILES string of the molecule is C=CCCOC(C)C(=O)N1CCCNCC1. The van der Waals surface area contributed by atoms with Crippen molar-refractivity contribution in [2.24, 2.45) is 0 Å². The molecule has 1 fully saturated rings. The fourth-order valence-corrected chi connectivity index (χ4v) is 1.72. The van der Waals surface area contributed by atoms with Crippen LogP contribution in [-0.2, 0) is 9.53 Å². The van der Waals surface area contributed by atoms with Crippen molar-refractivity contribution in [2.45, 2.75) is 25.9 Å². The maximum atomic E-state index is 12.0. The molecule has 0 aromatic rings. The van der Waals surface area contributed by atoms with Crippen LogP contribution in [-0.4, -0.2) is 49.7 Å². The average molecular weight is 226 g/mol. The van der Waals surface area contributed by atoms with Crippen LogP contribution in [0.25, 0.3) is 0 Å². The lowest BCUT2D eigenvalue weighted by atomic mass is 10.3. The number of hydrogen-bond donors (Lipinski definition) is 1. The molecule has 1 rings (SSSR count). The number of ether oxygens (including phenoxy) is 1. The van der Waals surface area contributed by atoms with Crippen molar-refractivity contribution in [3.05, 3.63) is 12.7 Å². The van der Waals surface area contributed by atoms with E-state index in [0.717, 1.165) is 39.0 Å². The van der Waals surface area contributed by atoms with Gasteiger partial charge in [-0.05, 0) is 26.3 Å². The van der Waals surface area contributed by atoms with Crippen LogP contribution in [0.4, 0.5) is 0 Å². The number of carbonyl (C=O) groups excluding carboxylic acids is 1. The van der Waals surface area contributed by atoms with Gasteiger partial charge in [0.1, 0.15) is 6.10 Å². The zero-order chi connectivity index (χ0) is 11.8. The van der Waals surface area contributed by atoms with E-state index >= 15 is 0 Å². The van der Waals surface area contributed by atoms with Crippen molar-refractivity contribution in [1.29, 1.82) is 0 Å². The Morgan fingerprint density at radius 1 is 1.56 bits per heavy atom. The first kappa shape index (κ1) is 13.2. The lowest BCUT2D eigenvalue weighted by molar-refractivity contribution is -0.142. The summed E-state index contributed by atoms with van der Waals surface area (Å²) in [6, 6.07) is 0. The summed E-state index contributed by atoms with van der Waals surface area (Å²) < 4.78 is 5.46. The van der Waals surface area contributed by atoms with Crippen molar-refractivity contribution >= 4 is 5.91 Å². The third kappa shape index (κ3) is 4.33. The molecule has 4 heteroatoms. The monoisotopic (exact) mass is 226 g/mol. The number of nitrogens with zero attached hydrogens (tertiary/aromatic N) is 1. The number of carbonyl (C=O) groups is 1. The minimum absolute atomic E-state index is 0.104. The molecule has 0 aromatic heterocycles. The predicted octanol–water partition coefficient (Wildman–Crippen LogP) is 0.790. The van der Waals surface area contributed by atoms with Crippen LogP contribution in [0.15, 0.2) is 12.7 Å². The third-order valence-corrected chi connectivity index (χ3v) is 2.69. The van der Waals surface area contributed by atoms with Gasteiger partial charge in [0, 0.05) is 19.6 Å². The van der Waals surface area contributed by atoms with Crippen LogP contribution in [0.1, 0.15) is 19.8 Å². The van der Waals surface area contributed by atoms with E-state index in [1.54, 1.807) is 6.08 Å². The van der Waals surface area contributed by atoms with Crippen molar-refractivity contribution in [3.63, 3.8) is 0 Å². The first-order valence-corrected chi connectivity index (χ1v) is 5.97. The van der Waals surface area contributed by atoms with Crippen molar-refractivity contribution in [3.8, 4) is 0 Å². The molecule has 1 unspecified atom stereocenters. The minimum Gasteiger partial charge on any atom is -0.368 e. The molecule has 1 N–H and O–H groups in total. The molecule has 4 nitrogen and oxygen atoms in total. The van der Waals surface area contributed by atoms with E-state index in [-0.39, 0.29) is 12.0 Å². The summed E-state index contributed by atoms with van der Waals surface area (Å²) in [4.78, 5) is 13.9. The Morgan fingerprint density at radius 3 is 3.12 bits per heavy atom. The maximum absolute atomic E-state index is 12.0. The van der Waals surface area contributed by atoms with Gasteiger partial charge in [0.2, 0.25) is 0 Å². The number of rotatable bonds is 5. The van der Waals surface area contributed by atoms with Crippen LogP contribution in [0, 0.1) is 0 Å². The molecule has 16 heavy (non-hydrogen) atoms. The molecular weight excluding hydrogens is 204 g/mol. The predicted molar refractivity (Wildman–Crippen MR) is 64.3 cm³/mol. The van der Waals surface area contributed by atoms with Gasteiger partial charge in [0.15, 0.2) is 0 Å². The summed E-state index contributed by atoms with van der Waals surface area (Å²) in [5, 5.41) is 3.28. The zero-order valence-corrected chi connectivity index (χ0v) is 10.1. The van der Waals surface area contributed by atoms with Gasteiger partial charge in [0.05, 0.1) is 6.61 Å². The van der Waals surface area contributed by atoms with Crippen molar-refractivity contribution in [2.75, 3.05) is 32.8 Å². The van der Waals surface area contributed by atoms with Gasteiger partial charge in [-0.1, -0.05) is 6.08 Å². The van der Waals surface area contributed by atoms with E-state index in [1.165, 1.54) is 0 Å². The van der Waals surface area contributed by atoms with Crippen LogP contribution in [0.5, 0.6) is 0 Å². The second kappa shape index (κ2) is 7.41. The van der Waals surface area contributed by atoms with E-state index in [4.69, 9.17) is 4.74 Å². The summed E-state index contributed by atoms with van der Waals surface area (Å²) >= 11 is 0. The summed E-state index contributed by atoms with van der Waals surface area (Å²) in [5.74, 6) is 0.104. The highest BCUT2D eigenvalue weighted by Crippen LogP contribution is 2.03. The molecule has 0 bridgehead atoms. The molecule has 0 aliphatic carbocycles. The molecular formula is C12H22N2O2. The fourth-order valence-electron chi connectivity index (χ4n) is 1.72. The highest BCUT2D eigenvalue weighted by Gasteiger charge is 2.21. The second-order valence-electron chi connectivity index (χ2n) is 4.02. The number of nitrogens with one attached hydrogen (secondary N) is 1. The largest absolute Gasteiger partial charge is 0.368 e. The summed E-state index contributed by atoms with van der Waals surface area (Å²) in [7, 11) is 0. The van der Waals surface area contributed by atoms with E-state index in [0.29, 0.717) is 6.61 Å². The minimum atomic E-state index is -0.335. The van der Waals surface area contributed by atoms with Gasteiger partial charge in [-0.2, -0.15) is 0 Å². The maximum Gasteiger partial charge on any atom is 0.251 e.